The van der Waals surface area contributed by atoms with Crippen molar-refractivity contribution in [2.24, 2.45) is 5.92 Å². The molecule has 2 heterocycles. The van der Waals surface area contributed by atoms with Crippen LogP contribution in [0.15, 0.2) is 18.2 Å². The predicted octanol–water partition coefficient (Wildman–Crippen LogP) is 1.52. The van der Waals surface area contributed by atoms with Crippen molar-refractivity contribution >= 4 is 5.91 Å². The van der Waals surface area contributed by atoms with Crippen molar-refractivity contribution in [3.63, 3.8) is 0 Å². The molecule has 0 spiro atoms. The molecular weight excluding hydrogens is 256 g/mol. The molecule has 20 heavy (non-hydrogen) atoms. The van der Waals surface area contributed by atoms with Crippen LogP contribution >= 0.6 is 0 Å². The molecule has 0 N–H and O–H groups in total. The van der Waals surface area contributed by atoms with Gasteiger partial charge in [0.1, 0.15) is 5.69 Å². The molecule has 1 aromatic rings. The van der Waals surface area contributed by atoms with E-state index in [-0.39, 0.29) is 5.91 Å². The van der Waals surface area contributed by atoms with Gasteiger partial charge >= 0.3 is 0 Å². The Hall–Kier alpha value is -1.46. The van der Waals surface area contributed by atoms with Crippen LogP contribution in [0.5, 0.6) is 0 Å². The Morgan fingerprint density at radius 3 is 3.05 bits per heavy atom. The molecule has 0 bridgehead atoms. The summed E-state index contributed by atoms with van der Waals surface area (Å²) in [4.78, 5) is 18.5. The number of likely N-dealkylation sites (tertiary alicyclic amines) is 1. The maximum atomic E-state index is 12.3. The van der Waals surface area contributed by atoms with E-state index in [1.807, 2.05) is 24.0 Å². The molecule has 1 amide bonds. The number of carbonyl (C=O) groups excluding carboxylic acids is 1. The molecule has 1 fully saturated rings. The first-order valence-corrected chi connectivity index (χ1v) is 7.00. The van der Waals surface area contributed by atoms with Crippen LogP contribution < -0.4 is 0 Å². The smallest absolute Gasteiger partial charge is 0.272 e. The van der Waals surface area contributed by atoms with Gasteiger partial charge in [-0.05, 0) is 25.5 Å². The van der Waals surface area contributed by atoms with Crippen molar-refractivity contribution in [2.45, 2.75) is 13.3 Å². The topological polar surface area (TPSA) is 51.7 Å². The average Bonchev–Trinajstić information content (AvgIpc) is 2.91. The second-order valence-electron chi connectivity index (χ2n) is 5.14. The number of aromatic nitrogens is 1. The standard InChI is InChI=1S/C15H22N2O3/c1-12-4-3-5-14(16-12)15(18)17-7-6-13(10-17)11-20-9-8-19-2/h3-5,13H,6-11H2,1-2H3. The molecule has 1 atom stereocenters. The van der Waals surface area contributed by atoms with E-state index in [4.69, 9.17) is 9.47 Å². The maximum absolute atomic E-state index is 12.3. The summed E-state index contributed by atoms with van der Waals surface area (Å²) in [6.45, 7) is 5.35. The van der Waals surface area contributed by atoms with Gasteiger partial charge in [-0.2, -0.15) is 0 Å². The quantitative estimate of drug-likeness (QED) is 0.740. The highest BCUT2D eigenvalue weighted by atomic mass is 16.5. The van der Waals surface area contributed by atoms with Gasteiger partial charge in [-0.3, -0.25) is 4.79 Å². The summed E-state index contributed by atoms with van der Waals surface area (Å²) < 4.78 is 10.5. The van der Waals surface area contributed by atoms with E-state index in [9.17, 15) is 4.79 Å². The number of amides is 1. The molecule has 110 valence electrons. The third-order valence-electron chi connectivity index (χ3n) is 3.47. The molecule has 0 aromatic carbocycles. The van der Waals surface area contributed by atoms with Crippen LogP contribution in [0.1, 0.15) is 22.6 Å². The molecule has 5 heteroatoms. The van der Waals surface area contributed by atoms with E-state index in [1.165, 1.54) is 0 Å². The van der Waals surface area contributed by atoms with Crippen LogP contribution in [-0.4, -0.2) is 55.8 Å². The minimum absolute atomic E-state index is 0.0214. The van der Waals surface area contributed by atoms with E-state index in [0.717, 1.165) is 25.2 Å². The second-order valence-corrected chi connectivity index (χ2v) is 5.14. The Kier molecular flexibility index (Phi) is 5.49. The monoisotopic (exact) mass is 278 g/mol. The Balaban J connectivity index is 1.81. The summed E-state index contributed by atoms with van der Waals surface area (Å²) in [5.74, 6) is 0.439. The Labute approximate surface area is 119 Å². The number of aryl methyl sites for hydroxylation is 1. The van der Waals surface area contributed by atoms with Crippen molar-refractivity contribution in [1.82, 2.24) is 9.88 Å². The first-order valence-electron chi connectivity index (χ1n) is 7.00. The van der Waals surface area contributed by atoms with Gasteiger partial charge in [0.05, 0.1) is 19.8 Å². The Bertz CT molecular complexity index is 450. The van der Waals surface area contributed by atoms with E-state index in [1.54, 1.807) is 13.2 Å². The minimum Gasteiger partial charge on any atom is -0.382 e. The van der Waals surface area contributed by atoms with Gasteiger partial charge in [-0.15, -0.1) is 0 Å². The fraction of sp³-hybridized carbons (Fsp3) is 0.600. The third-order valence-corrected chi connectivity index (χ3v) is 3.47. The van der Waals surface area contributed by atoms with Crippen molar-refractivity contribution in [3.8, 4) is 0 Å². The van der Waals surface area contributed by atoms with Crippen LogP contribution in [0.3, 0.4) is 0 Å². The fourth-order valence-corrected chi connectivity index (χ4v) is 2.37. The van der Waals surface area contributed by atoms with Gasteiger partial charge in [0.15, 0.2) is 0 Å². The van der Waals surface area contributed by atoms with Crippen LogP contribution in [0.2, 0.25) is 0 Å². The van der Waals surface area contributed by atoms with Gasteiger partial charge in [0, 0.05) is 31.8 Å². The highest BCUT2D eigenvalue weighted by molar-refractivity contribution is 5.92. The number of hydrogen-bond acceptors (Lipinski definition) is 4. The highest BCUT2D eigenvalue weighted by Gasteiger charge is 2.27. The first kappa shape index (κ1) is 14.9. The molecule has 5 nitrogen and oxygen atoms in total. The number of nitrogens with zero attached hydrogens (tertiary/aromatic N) is 2. The number of pyridine rings is 1. The number of ether oxygens (including phenoxy) is 2. The van der Waals surface area contributed by atoms with Crippen LogP contribution in [0.4, 0.5) is 0 Å². The normalized spacial score (nSPS) is 18.5. The van der Waals surface area contributed by atoms with Gasteiger partial charge in [0.2, 0.25) is 0 Å². The van der Waals surface area contributed by atoms with Crippen LogP contribution in [0.25, 0.3) is 0 Å². The highest BCUT2D eigenvalue weighted by Crippen LogP contribution is 2.18. The number of hydrogen-bond donors (Lipinski definition) is 0. The van der Waals surface area contributed by atoms with Crippen molar-refractivity contribution in [1.29, 1.82) is 0 Å². The third kappa shape index (κ3) is 4.02. The average molecular weight is 278 g/mol. The zero-order valence-corrected chi connectivity index (χ0v) is 12.2. The van der Waals surface area contributed by atoms with E-state index >= 15 is 0 Å². The van der Waals surface area contributed by atoms with Gasteiger partial charge in [-0.1, -0.05) is 6.07 Å². The zero-order chi connectivity index (χ0) is 14.4. The molecular formula is C15H22N2O3. The predicted molar refractivity (Wildman–Crippen MR) is 75.7 cm³/mol. The maximum Gasteiger partial charge on any atom is 0.272 e. The lowest BCUT2D eigenvalue weighted by Crippen LogP contribution is -2.30. The SMILES string of the molecule is COCCOCC1CCN(C(=O)c2cccc(C)n2)C1. The lowest BCUT2D eigenvalue weighted by molar-refractivity contribution is 0.0515. The number of carbonyl (C=O) groups is 1. The molecule has 0 radical (unpaired) electrons. The molecule has 0 saturated carbocycles. The van der Waals surface area contributed by atoms with E-state index in [0.29, 0.717) is 31.4 Å². The number of rotatable bonds is 6. The summed E-state index contributed by atoms with van der Waals surface area (Å²) >= 11 is 0. The number of methoxy groups -OCH3 is 1. The van der Waals surface area contributed by atoms with Gasteiger partial charge < -0.3 is 14.4 Å². The fourth-order valence-electron chi connectivity index (χ4n) is 2.37. The van der Waals surface area contributed by atoms with Crippen LogP contribution in [0, 0.1) is 12.8 Å². The second kappa shape index (κ2) is 7.36. The van der Waals surface area contributed by atoms with Crippen molar-refractivity contribution < 1.29 is 14.3 Å². The molecule has 1 aromatic heterocycles. The van der Waals surface area contributed by atoms with Gasteiger partial charge in [0.25, 0.3) is 5.91 Å². The lowest BCUT2D eigenvalue weighted by atomic mass is 10.1. The largest absolute Gasteiger partial charge is 0.382 e. The minimum atomic E-state index is 0.0214. The van der Waals surface area contributed by atoms with Crippen molar-refractivity contribution in [3.05, 3.63) is 29.6 Å². The Morgan fingerprint density at radius 1 is 1.45 bits per heavy atom. The molecule has 1 aliphatic rings. The summed E-state index contributed by atoms with van der Waals surface area (Å²) in [6, 6.07) is 5.54. The molecule has 1 unspecified atom stereocenters. The lowest BCUT2D eigenvalue weighted by Gasteiger charge is -2.16. The van der Waals surface area contributed by atoms with Crippen molar-refractivity contribution in [2.75, 3.05) is 40.0 Å². The summed E-state index contributed by atoms with van der Waals surface area (Å²) in [7, 11) is 1.66. The molecule has 2 rings (SSSR count). The summed E-state index contributed by atoms with van der Waals surface area (Å²) in [5.41, 5.74) is 1.40. The Morgan fingerprint density at radius 2 is 2.30 bits per heavy atom. The van der Waals surface area contributed by atoms with Gasteiger partial charge in [-0.25, -0.2) is 4.98 Å². The molecule has 1 aliphatic heterocycles. The summed E-state index contributed by atoms with van der Waals surface area (Å²) in [6.07, 6.45) is 0.991. The first-order chi connectivity index (χ1) is 9.70. The summed E-state index contributed by atoms with van der Waals surface area (Å²) in [5, 5.41) is 0. The van der Waals surface area contributed by atoms with E-state index in [2.05, 4.69) is 4.98 Å². The van der Waals surface area contributed by atoms with E-state index < -0.39 is 0 Å². The zero-order valence-electron chi connectivity index (χ0n) is 12.2. The molecule has 1 saturated heterocycles. The van der Waals surface area contributed by atoms with Crippen LogP contribution in [-0.2, 0) is 9.47 Å². The molecule has 0 aliphatic carbocycles.